The Hall–Kier alpha value is -2.92. The fraction of sp³-hybridized carbons (Fsp3) is 0.0556. The molecule has 5 nitrogen and oxygen atoms in total. The summed E-state index contributed by atoms with van der Waals surface area (Å²) in [5, 5.41) is 5.30. The molecule has 0 atom stereocenters. The fourth-order valence-electron chi connectivity index (χ4n) is 2.70. The molecule has 0 saturated carbocycles. The lowest BCUT2D eigenvalue weighted by Crippen LogP contribution is -2.00. The maximum atomic E-state index is 6.07. The van der Waals surface area contributed by atoms with Crippen molar-refractivity contribution in [2.75, 3.05) is 5.32 Å². The number of benzene rings is 1. The van der Waals surface area contributed by atoms with Gasteiger partial charge >= 0.3 is 0 Å². The number of nitrogens with one attached hydrogen (secondary N) is 2. The summed E-state index contributed by atoms with van der Waals surface area (Å²) >= 11 is 6.07. The number of fused-ring (bicyclic) bond motifs is 1. The topological polar surface area (TPSA) is 66.5 Å². The highest BCUT2D eigenvalue weighted by atomic mass is 35.5. The maximum Gasteiger partial charge on any atom is 0.116 e. The van der Waals surface area contributed by atoms with Crippen molar-refractivity contribution in [2.24, 2.45) is 0 Å². The molecule has 0 saturated heterocycles. The minimum absolute atomic E-state index is 0.661. The van der Waals surface area contributed by atoms with E-state index in [1.165, 1.54) is 0 Å². The average molecular weight is 336 g/mol. The number of pyridine rings is 1. The summed E-state index contributed by atoms with van der Waals surface area (Å²) in [5.41, 5.74) is 4.81. The van der Waals surface area contributed by atoms with Gasteiger partial charge in [-0.25, -0.2) is 9.97 Å². The third-order valence-electron chi connectivity index (χ3n) is 3.80. The van der Waals surface area contributed by atoms with E-state index in [2.05, 4.69) is 25.3 Å². The SMILES string of the molecule is Clc1cccc(CNc2c(-c3ccncn3)[nH]c3cnccc23)c1. The predicted octanol–water partition coefficient (Wildman–Crippen LogP) is 4.29. The van der Waals surface area contributed by atoms with Gasteiger partial charge in [0.25, 0.3) is 0 Å². The van der Waals surface area contributed by atoms with Gasteiger partial charge in [-0.3, -0.25) is 4.98 Å². The van der Waals surface area contributed by atoms with Crippen LogP contribution in [0.2, 0.25) is 5.02 Å². The number of rotatable bonds is 4. The summed E-state index contributed by atoms with van der Waals surface area (Å²) < 4.78 is 0. The van der Waals surface area contributed by atoms with E-state index in [-0.39, 0.29) is 0 Å². The molecular weight excluding hydrogens is 322 g/mol. The highest BCUT2D eigenvalue weighted by Gasteiger charge is 2.14. The Bertz CT molecular complexity index is 981. The number of aromatic nitrogens is 4. The third-order valence-corrected chi connectivity index (χ3v) is 4.03. The molecule has 0 unspecified atom stereocenters. The normalized spacial score (nSPS) is 10.9. The van der Waals surface area contributed by atoms with E-state index in [1.807, 2.05) is 42.6 Å². The summed E-state index contributed by atoms with van der Waals surface area (Å²) in [7, 11) is 0. The van der Waals surface area contributed by atoms with Crippen molar-refractivity contribution >= 4 is 28.2 Å². The predicted molar refractivity (Wildman–Crippen MR) is 95.9 cm³/mol. The zero-order valence-corrected chi connectivity index (χ0v) is 13.5. The third kappa shape index (κ3) is 2.81. The molecule has 3 heterocycles. The quantitative estimate of drug-likeness (QED) is 0.584. The second-order valence-corrected chi connectivity index (χ2v) is 5.81. The molecule has 0 bridgehead atoms. The maximum absolute atomic E-state index is 6.07. The van der Waals surface area contributed by atoms with Crippen LogP contribution < -0.4 is 5.32 Å². The van der Waals surface area contributed by atoms with E-state index < -0.39 is 0 Å². The first-order chi connectivity index (χ1) is 11.8. The molecule has 4 rings (SSSR count). The minimum atomic E-state index is 0.661. The van der Waals surface area contributed by atoms with Gasteiger partial charge < -0.3 is 10.3 Å². The van der Waals surface area contributed by atoms with Crippen LogP contribution in [0.25, 0.3) is 22.3 Å². The van der Waals surface area contributed by atoms with E-state index in [1.54, 1.807) is 18.7 Å². The number of H-pyrrole nitrogens is 1. The molecule has 0 aliphatic heterocycles. The highest BCUT2D eigenvalue weighted by molar-refractivity contribution is 6.30. The average Bonchev–Trinajstić information content (AvgIpc) is 2.99. The van der Waals surface area contributed by atoms with Crippen molar-refractivity contribution in [2.45, 2.75) is 6.54 Å². The number of nitrogens with zero attached hydrogens (tertiary/aromatic N) is 3. The van der Waals surface area contributed by atoms with Crippen molar-refractivity contribution in [1.29, 1.82) is 0 Å². The minimum Gasteiger partial charge on any atom is -0.379 e. The van der Waals surface area contributed by atoms with Crippen LogP contribution >= 0.6 is 11.6 Å². The van der Waals surface area contributed by atoms with Gasteiger partial charge in [0, 0.05) is 29.3 Å². The van der Waals surface area contributed by atoms with E-state index in [4.69, 9.17) is 11.6 Å². The van der Waals surface area contributed by atoms with Crippen LogP contribution in [0, 0.1) is 0 Å². The summed E-state index contributed by atoms with van der Waals surface area (Å²) in [4.78, 5) is 15.9. The largest absolute Gasteiger partial charge is 0.379 e. The second-order valence-electron chi connectivity index (χ2n) is 5.37. The molecule has 0 aliphatic rings. The van der Waals surface area contributed by atoms with Crippen LogP contribution in [0.3, 0.4) is 0 Å². The fourth-order valence-corrected chi connectivity index (χ4v) is 2.91. The van der Waals surface area contributed by atoms with Gasteiger partial charge in [-0.15, -0.1) is 0 Å². The lowest BCUT2D eigenvalue weighted by molar-refractivity contribution is 1.14. The van der Waals surface area contributed by atoms with Gasteiger partial charge in [0.2, 0.25) is 0 Å². The van der Waals surface area contributed by atoms with Gasteiger partial charge in [-0.1, -0.05) is 23.7 Å². The van der Waals surface area contributed by atoms with Crippen molar-refractivity contribution in [3.8, 4) is 11.4 Å². The lowest BCUT2D eigenvalue weighted by atomic mass is 10.2. The van der Waals surface area contributed by atoms with Crippen molar-refractivity contribution < 1.29 is 0 Å². The number of hydrogen-bond acceptors (Lipinski definition) is 4. The Morgan fingerprint density at radius 1 is 1.08 bits per heavy atom. The Kier molecular flexibility index (Phi) is 3.84. The summed E-state index contributed by atoms with van der Waals surface area (Å²) in [5.74, 6) is 0. The van der Waals surface area contributed by atoms with E-state index in [0.717, 1.165) is 38.6 Å². The van der Waals surface area contributed by atoms with Crippen LogP contribution in [-0.2, 0) is 6.54 Å². The molecule has 24 heavy (non-hydrogen) atoms. The molecule has 4 aromatic rings. The number of anilines is 1. The van der Waals surface area contributed by atoms with Gasteiger partial charge in [0.1, 0.15) is 6.33 Å². The number of hydrogen-bond donors (Lipinski definition) is 2. The zero-order valence-electron chi connectivity index (χ0n) is 12.7. The molecule has 0 spiro atoms. The van der Waals surface area contributed by atoms with Crippen LogP contribution in [0.5, 0.6) is 0 Å². The van der Waals surface area contributed by atoms with E-state index in [0.29, 0.717) is 6.54 Å². The first-order valence-electron chi connectivity index (χ1n) is 7.51. The van der Waals surface area contributed by atoms with Crippen LogP contribution in [0.1, 0.15) is 5.56 Å². The highest BCUT2D eigenvalue weighted by Crippen LogP contribution is 2.33. The summed E-state index contributed by atoms with van der Waals surface area (Å²) in [6.07, 6.45) is 6.86. The van der Waals surface area contributed by atoms with E-state index in [9.17, 15) is 0 Å². The molecule has 6 heteroatoms. The van der Waals surface area contributed by atoms with Gasteiger partial charge in [-0.05, 0) is 29.8 Å². The molecule has 1 aromatic carbocycles. The lowest BCUT2D eigenvalue weighted by Gasteiger charge is -2.09. The van der Waals surface area contributed by atoms with Gasteiger partial charge in [0.15, 0.2) is 0 Å². The summed E-state index contributed by atoms with van der Waals surface area (Å²) in [6.45, 7) is 0.661. The zero-order chi connectivity index (χ0) is 16.4. The molecule has 0 aliphatic carbocycles. The van der Waals surface area contributed by atoms with Crippen molar-refractivity contribution in [3.05, 3.63) is 71.9 Å². The smallest absolute Gasteiger partial charge is 0.116 e. The Balaban J connectivity index is 1.75. The van der Waals surface area contributed by atoms with E-state index >= 15 is 0 Å². The monoisotopic (exact) mass is 335 g/mol. The second kappa shape index (κ2) is 6.29. The number of aromatic amines is 1. The van der Waals surface area contributed by atoms with Gasteiger partial charge in [0.05, 0.1) is 28.8 Å². The first kappa shape index (κ1) is 14.7. The molecule has 118 valence electrons. The van der Waals surface area contributed by atoms with Crippen LogP contribution in [0.4, 0.5) is 5.69 Å². The Morgan fingerprint density at radius 3 is 2.83 bits per heavy atom. The standard InChI is InChI=1S/C18H14ClN5/c19-13-3-1-2-12(8-13)9-22-17-14-4-6-20-10-16(14)24-18(17)15-5-7-21-11-23-15/h1-8,10-11,22,24H,9H2. The van der Waals surface area contributed by atoms with Crippen molar-refractivity contribution in [3.63, 3.8) is 0 Å². The first-order valence-corrected chi connectivity index (χ1v) is 7.89. The molecule has 0 amide bonds. The molecule has 2 N–H and O–H groups in total. The Morgan fingerprint density at radius 2 is 2.00 bits per heavy atom. The van der Waals surface area contributed by atoms with Crippen LogP contribution in [-0.4, -0.2) is 19.9 Å². The van der Waals surface area contributed by atoms with Gasteiger partial charge in [-0.2, -0.15) is 0 Å². The Labute approximate surface area is 143 Å². The molecule has 0 fully saturated rings. The summed E-state index contributed by atoms with van der Waals surface area (Å²) in [6, 6.07) is 11.7. The molecule has 3 aromatic heterocycles. The molecule has 0 radical (unpaired) electrons. The van der Waals surface area contributed by atoms with Crippen LogP contribution in [0.15, 0.2) is 61.3 Å². The molecular formula is C18H14ClN5. The number of halogens is 1. The van der Waals surface area contributed by atoms with Crippen molar-refractivity contribution in [1.82, 2.24) is 19.9 Å².